The molecule has 1 rings (SSSR count). The number of hydrogen-bond donors (Lipinski definition) is 2. The minimum Gasteiger partial charge on any atom is -0.369 e. The predicted octanol–water partition coefficient (Wildman–Crippen LogP) is -1.14. The summed E-state index contributed by atoms with van der Waals surface area (Å²) >= 11 is 0. The van der Waals surface area contributed by atoms with E-state index in [1.165, 1.54) is 4.31 Å². The second kappa shape index (κ2) is 5.11. The Bertz CT molecular complexity index is 355. The summed E-state index contributed by atoms with van der Waals surface area (Å²) in [7, 11) is -3.38. The van der Waals surface area contributed by atoms with Gasteiger partial charge in [0.05, 0.1) is 11.2 Å². The lowest BCUT2D eigenvalue weighted by Crippen LogP contribution is -2.48. The average Bonchev–Trinajstić information content (AvgIpc) is 2.28. The van der Waals surface area contributed by atoms with Crippen molar-refractivity contribution in [2.45, 2.75) is 25.0 Å². The fourth-order valence-corrected chi connectivity index (χ4v) is 3.31. The minimum absolute atomic E-state index is 0.0834. The number of carbonyl (C=O) groups is 1. The first kappa shape index (κ1) is 13.4. The first-order valence-corrected chi connectivity index (χ1v) is 6.88. The molecule has 0 saturated carbocycles. The standard InChI is InChI=1S/C9H19N3O3S/c1-7(5-10)16(14,15)12-4-2-3-8(6-12)9(11)13/h7-8H,2-6,10H2,1H3,(H2,11,13). The van der Waals surface area contributed by atoms with E-state index in [-0.39, 0.29) is 19.0 Å². The molecule has 1 fully saturated rings. The fraction of sp³-hybridized carbons (Fsp3) is 0.889. The number of nitrogens with zero attached hydrogens (tertiary/aromatic N) is 1. The van der Waals surface area contributed by atoms with Crippen LogP contribution in [0.4, 0.5) is 0 Å². The van der Waals surface area contributed by atoms with Crippen molar-refractivity contribution in [1.82, 2.24) is 4.31 Å². The van der Waals surface area contributed by atoms with Gasteiger partial charge >= 0.3 is 0 Å². The van der Waals surface area contributed by atoms with Crippen molar-refractivity contribution in [1.29, 1.82) is 0 Å². The van der Waals surface area contributed by atoms with E-state index in [4.69, 9.17) is 11.5 Å². The summed E-state index contributed by atoms with van der Waals surface area (Å²) < 4.78 is 25.3. The second-order valence-corrected chi connectivity index (χ2v) is 6.54. The molecule has 0 radical (unpaired) electrons. The zero-order valence-electron chi connectivity index (χ0n) is 9.43. The summed E-state index contributed by atoms with van der Waals surface area (Å²) in [5.74, 6) is -0.797. The Morgan fingerprint density at radius 2 is 2.19 bits per heavy atom. The van der Waals surface area contributed by atoms with Crippen LogP contribution in [0.5, 0.6) is 0 Å². The Labute approximate surface area is 96.0 Å². The lowest BCUT2D eigenvalue weighted by molar-refractivity contribution is -0.122. The lowest BCUT2D eigenvalue weighted by atomic mass is 9.99. The summed E-state index contributed by atoms with van der Waals surface area (Å²) in [6.45, 7) is 2.31. The number of sulfonamides is 1. The minimum atomic E-state index is -3.38. The smallest absolute Gasteiger partial charge is 0.221 e. The monoisotopic (exact) mass is 249 g/mol. The summed E-state index contributed by atoms with van der Waals surface area (Å²) in [4.78, 5) is 11.0. The van der Waals surface area contributed by atoms with Crippen LogP contribution >= 0.6 is 0 Å². The Kier molecular flexibility index (Phi) is 4.28. The van der Waals surface area contributed by atoms with Crippen molar-refractivity contribution in [2.24, 2.45) is 17.4 Å². The van der Waals surface area contributed by atoms with E-state index in [1.54, 1.807) is 6.92 Å². The molecule has 2 atom stereocenters. The zero-order valence-corrected chi connectivity index (χ0v) is 10.2. The van der Waals surface area contributed by atoms with Gasteiger partial charge in [-0.25, -0.2) is 12.7 Å². The average molecular weight is 249 g/mol. The van der Waals surface area contributed by atoms with Crippen molar-refractivity contribution >= 4 is 15.9 Å². The van der Waals surface area contributed by atoms with E-state index >= 15 is 0 Å². The van der Waals surface area contributed by atoms with Crippen LogP contribution in [-0.4, -0.2) is 43.5 Å². The molecule has 0 aromatic heterocycles. The van der Waals surface area contributed by atoms with Crippen LogP contribution in [-0.2, 0) is 14.8 Å². The molecule has 1 amide bonds. The molecule has 0 spiro atoms. The molecular weight excluding hydrogens is 230 g/mol. The highest BCUT2D eigenvalue weighted by atomic mass is 32.2. The molecule has 1 aliphatic heterocycles. The van der Waals surface area contributed by atoms with Gasteiger partial charge in [0, 0.05) is 19.6 Å². The molecule has 0 aliphatic carbocycles. The normalized spacial score (nSPS) is 25.2. The first-order valence-electron chi connectivity index (χ1n) is 5.38. The molecule has 0 aromatic carbocycles. The first-order chi connectivity index (χ1) is 7.39. The van der Waals surface area contributed by atoms with Crippen LogP contribution in [0.25, 0.3) is 0 Å². The van der Waals surface area contributed by atoms with E-state index in [0.717, 1.165) is 0 Å². The van der Waals surface area contributed by atoms with E-state index in [9.17, 15) is 13.2 Å². The SMILES string of the molecule is CC(CN)S(=O)(=O)N1CCCC(C(N)=O)C1. The third-order valence-corrected chi connectivity index (χ3v) is 5.25. The fourth-order valence-electron chi connectivity index (χ4n) is 1.78. The van der Waals surface area contributed by atoms with Gasteiger partial charge in [-0.2, -0.15) is 0 Å². The van der Waals surface area contributed by atoms with Gasteiger partial charge in [0.15, 0.2) is 0 Å². The molecule has 16 heavy (non-hydrogen) atoms. The van der Waals surface area contributed by atoms with Crippen LogP contribution < -0.4 is 11.5 Å². The van der Waals surface area contributed by atoms with E-state index in [0.29, 0.717) is 19.4 Å². The highest BCUT2D eigenvalue weighted by molar-refractivity contribution is 7.89. The maximum absolute atomic E-state index is 12.0. The van der Waals surface area contributed by atoms with E-state index < -0.39 is 21.2 Å². The molecule has 7 heteroatoms. The van der Waals surface area contributed by atoms with Crippen molar-refractivity contribution in [3.63, 3.8) is 0 Å². The van der Waals surface area contributed by atoms with Gasteiger partial charge in [-0.3, -0.25) is 4.79 Å². The molecule has 0 bridgehead atoms. The number of amides is 1. The number of carbonyl (C=O) groups excluding carboxylic acids is 1. The number of piperidine rings is 1. The third-order valence-electron chi connectivity index (χ3n) is 2.99. The van der Waals surface area contributed by atoms with Gasteiger partial charge in [-0.1, -0.05) is 0 Å². The van der Waals surface area contributed by atoms with Crippen molar-refractivity contribution < 1.29 is 13.2 Å². The molecule has 2 unspecified atom stereocenters. The number of hydrogen-bond acceptors (Lipinski definition) is 4. The maximum Gasteiger partial charge on any atom is 0.221 e. The van der Waals surface area contributed by atoms with Gasteiger partial charge in [0.25, 0.3) is 0 Å². The Morgan fingerprint density at radius 1 is 1.56 bits per heavy atom. The van der Waals surface area contributed by atoms with Gasteiger partial charge in [-0.15, -0.1) is 0 Å². The van der Waals surface area contributed by atoms with Crippen molar-refractivity contribution in [3.05, 3.63) is 0 Å². The van der Waals surface area contributed by atoms with Crippen LogP contribution in [0.1, 0.15) is 19.8 Å². The number of primary amides is 1. The Balaban J connectivity index is 2.77. The topological polar surface area (TPSA) is 106 Å². The number of rotatable bonds is 4. The van der Waals surface area contributed by atoms with Gasteiger partial charge in [0.1, 0.15) is 0 Å². The van der Waals surface area contributed by atoms with Crippen LogP contribution in [0.2, 0.25) is 0 Å². The van der Waals surface area contributed by atoms with Gasteiger partial charge < -0.3 is 11.5 Å². The van der Waals surface area contributed by atoms with E-state index in [1.807, 2.05) is 0 Å². The van der Waals surface area contributed by atoms with Crippen LogP contribution in [0, 0.1) is 5.92 Å². The third kappa shape index (κ3) is 2.72. The summed E-state index contributed by atoms with van der Waals surface area (Å²) in [5.41, 5.74) is 10.6. The highest BCUT2D eigenvalue weighted by Gasteiger charge is 2.33. The summed E-state index contributed by atoms with van der Waals surface area (Å²) in [6, 6.07) is 0. The maximum atomic E-state index is 12.0. The largest absolute Gasteiger partial charge is 0.369 e. The van der Waals surface area contributed by atoms with Crippen molar-refractivity contribution in [2.75, 3.05) is 19.6 Å². The van der Waals surface area contributed by atoms with Crippen LogP contribution in [0.15, 0.2) is 0 Å². The summed E-state index contributed by atoms with van der Waals surface area (Å²) in [5, 5.41) is -0.612. The molecule has 1 heterocycles. The predicted molar refractivity (Wildman–Crippen MR) is 60.9 cm³/mol. The Morgan fingerprint density at radius 3 is 2.69 bits per heavy atom. The quantitative estimate of drug-likeness (QED) is 0.656. The lowest BCUT2D eigenvalue weighted by Gasteiger charge is -2.32. The molecule has 4 N–H and O–H groups in total. The van der Waals surface area contributed by atoms with Crippen molar-refractivity contribution in [3.8, 4) is 0 Å². The molecule has 0 aromatic rings. The van der Waals surface area contributed by atoms with Gasteiger partial charge in [0.2, 0.25) is 15.9 Å². The van der Waals surface area contributed by atoms with E-state index in [2.05, 4.69) is 0 Å². The zero-order chi connectivity index (χ0) is 12.3. The second-order valence-electron chi connectivity index (χ2n) is 4.19. The Hall–Kier alpha value is -0.660. The highest BCUT2D eigenvalue weighted by Crippen LogP contribution is 2.20. The molecule has 94 valence electrons. The van der Waals surface area contributed by atoms with Gasteiger partial charge in [-0.05, 0) is 19.8 Å². The molecule has 1 saturated heterocycles. The van der Waals surface area contributed by atoms with Crippen LogP contribution in [0.3, 0.4) is 0 Å². The molecule has 6 nitrogen and oxygen atoms in total. The molecular formula is C9H19N3O3S. The molecule has 1 aliphatic rings. The summed E-state index contributed by atoms with van der Waals surface area (Å²) in [6.07, 6.45) is 1.34. The number of nitrogens with two attached hydrogens (primary N) is 2.